The van der Waals surface area contributed by atoms with Crippen LogP contribution in [0.3, 0.4) is 0 Å². The maximum Gasteiger partial charge on any atom is 0.296 e. The van der Waals surface area contributed by atoms with Crippen molar-refractivity contribution < 1.29 is 18.9 Å². The van der Waals surface area contributed by atoms with Crippen molar-refractivity contribution in [2.24, 2.45) is 0 Å². The Morgan fingerprint density at radius 2 is 1.97 bits per heavy atom. The van der Waals surface area contributed by atoms with Crippen LogP contribution in [-0.2, 0) is 11.2 Å². The number of nitrogens with one attached hydrogen (secondary N) is 1. The van der Waals surface area contributed by atoms with E-state index in [9.17, 15) is 14.9 Å². The summed E-state index contributed by atoms with van der Waals surface area (Å²) in [4.78, 5) is 27.1. The zero-order valence-electron chi connectivity index (χ0n) is 17.0. The van der Waals surface area contributed by atoms with Crippen LogP contribution in [-0.4, -0.2) is 22.9 Å². The van der Waals surface area contributed by atoms with E-state index in [-0.39, 0.29) is 30.1 Å². The summed E-state index contributed by atoms with van der Waals surface area (Å²) in [6.45, 7) is 4.26. The lowest BCUT2D eigenvalue weighted by Gasteiger charge is -2.07. The Morgan fingerprint density at radius 3 is 2.60 bits per heavy atom. The predicted molar refractivity (Wildman–Crippen MR) is 113 cm³/mol. The minimum Gasteiger partial charge on any atom is -0.496 e. The molecule has 1 N–H and O–H groups in total. The van der Waals surface area contributed by atoms with Gasteiger partial charge in [-0.15, -0.1) is 0 Å². The lowest BCUT2D eigenvalue weighted by molar-refractivity contribution is -0.384. The van der Waals surface area contributed by atoms with Gasteiger partial charge < -0.3 is 14.5 Å². The van der Waals surface area contributed by atoms with Gasteiger partial charge in [-0.2, -0.15) is 0 Å². The summed E-state index contributed by atoms with van der Waals surface area (Å²) in [6.07, 6.45) is 1.99. The van der Waals surface area contributed by atoms with E-state index in [4.69, 9.17) is 9.15 Å². The first-order chi connectivity index (χ1) is 14.4. The van der Waals surface area contributed by atoms with Gasteiger partial charge in [-0.1, -0.05) is 38.1 Å². The molecule has 0 spiro atoms. The molecule has 3 aromatic rings. The molecule has 0 atom stereocenters. The Labute approximate surface area is 174 Å². The summed E-state index contributed by atoms with van der Waals surface area (Å²) in [5.74, 6) is 1.48. The van der Waals surface area contributed by atoms with Crippen molar-refractivity contribution in [3.63, 3.8) is 0 Å². The largest absolute Gasteiger partial charge is 0.496 e. The third-order valence-electron chi connectivity index (χ3n) is 4.66. The Kier molecular flexibility index (Phi) is 6.46. The maximum absolute atomic E-state index is 12.3. The number of aryl methyl sites for hydroxylation is 1. The number of hydrogen-bond acceptors (Lipinski definition) is 6. The number of amides is 1. The first-order valence-electron chi connectivity index (χ1n) is 9.54. The molecule has 8 nitrogen and oxygen atoms in total. The number of methoxy groups -OCH3 is 1. The average molecular weight is 409 g/mol. The summed E-state index contributed by atoms with van der Waals surface area (Å²) in [5.41, 5.74) is 2.04. The molecule has 0 aliphatic rings. The van der Waals surface area contributed by atoms with Gasteiger partial charge in [0.25, 0.3) is 5.69 Å². The number of carbonyl (C=O) groups is 1. The maximum atomic E-state index is 12.3. The zero-order chi connectivity index (χ0) is 21.7. The Bertz CT molecular complexity index is 1040. The molecule has 156 valence electrons. The molecule has 0 unspecified atom stereocenters. The van der Waals surface area contributed by atoms with Crippen molar-refractivity contribution in [1.29, 1.82) is 0 Å². The minimum absolute atomic E-state index is 0.0788. The smallest absolute Gasteiger partial charge is 0.296 e. The molecule has 8 heteroatoms. The third kappa shape index (κ3) is 5.02. The summed E-state index contributed by atoms with van der Waals surface area (Å²) in [7, 11) is 1.42. The Balaban J connectivity index is 1.61. The number of nitrogens with zero attached hydrogens (tertiary/aromatic N) is 2. The molecule has 0 radical (unpaired) electrons. The molecular weight excluding hydrogens is 386 g/mol. The van der Waals surface area contributed by atoms with Crippen LogP contribution in [0.2, 0.25) is 0 Å². The van der Waals surface area contributed by atoms with Gasteiger partial charge in [-0.05, 0) is 23.6 Å². The summed E-state index contributed by atoms with van der Waals surface area (Å²) in [6, 6.07) is 12.3. The van der Waals surface area contributed by atoms with Crippen LogP contribution < -0.4 is 10.1 Å². The third-order valence-corrected chi connectivity index (χ3v) is 4.66. The molecule has 1 heterocycles. The first kappa shape index (κ1) is 21.0. The fourth-order valence-electron chi connectivity index (χ4n) is 2.92. The molecule has 30 heavy (non-hydrogen) atoms. The number of rotatable bonds is 8. The van der Waals surface area contributed by atoms with E-state index >= 15 is 0 Å². The van der Waals surface area contributed by atoms with E-state index in [2.05, 4.69) is 36.3 Å². The average Bonchev–Trinajstić information content (AvgIpc) is 3.21. The highest BCUT2D eigenvalue weighted by Gasteiger charge is 2.18. The number of hydrogen-bond donors (Lipinski definition) is 1. The second kappa shape index (κ2) is 9.21. The van der Waals surface area contributed by atoms with Crippen LogP contribution in [0.5, 0.6) is 5.75 Å². The lowest BCUT2D eigenvalue weighted by atomic mass is 10.0. The fraction of sp³-hybridized carbons (Fsp3) is 0.273. The SMILES string of the molecule is COc1ccc(NC(=O)CCc2ncc(-c3ccc(C(C)C)cc3)o2)c([N+](=O)[O-])c1. The lowest BCUT2D eigenvalue weighted by Crippen LogP contribution is -2.13. The minimum atomic E-state index is -0.566. The second-order valence-electron chi connectivity index (χ2n) is 7.08. The van der Waals surface area contributed by atoms with E-state index in [1.807, 2.05) is 12.1 Å². The van der Waals surface area contributed by atoms with Crippen molar-refractivity contribution in [2.75, 3.05) is 12.4 Å². The quantitative estimate of drug-likeness (QED) is 0.416. The van der Waals surface area contributed by atoms with Crippen LogP contribution in [0.4, 0.5) is 11.4 Å². The van der Waals surface area contributed by atoms with E-state index in [0.29, 0.717) is 23.3 Å². The number of oxazole rings is 1. The summed E-state index contributed by atoms with van der Waals surface area (Å²) in [5, 5.41) is 13.8. The molecule has 0 fully saturated rings. The van der Waals surface area contributed by atoms with Crippen molar-refractivity contribution in [2.45, 2.75) is 32.6 Å². The molecule has 2 aromatic carbocycles. The fourth-order valence-corrected chi connectivity index (χ4v) is 2.92. The molecule has 1 amide bonds. The number of ether oxygens (including phenoxy) is 1. The summed E-state index contributed by atoms with van der Waals surface area (Å²) >= 11 is 0. The Hall–Kier alpha value is -3.68. The molecule has 1 aromatic heterocycles. The molecular formula is C22H23N3O5. The van der Waals surface area contributed by atoms with Gasteiger partial charge >= 0.3 is 0 Å². The monoisotopic (exact) mass is 409 g/mol. The highest BCUT2D eigenvalue weighted by atomic mass is 16.6. The van der Waals surface area contributed by atoms with Gasteiger partial charge in [0.15, 0.2) is 11.7 Å². The van der Waals surface area contributed by atoms with Crippen LogP contribution in [0.15, 0.2) is 53.1 Å². The van der Waals surface area contributed by atoms with Gasteiger partial charge in [-0.25, -0.2) is 4.98 Å². The van der Waals surface area contributed by atoms with Crippen LogP contribution in [0.1, 0.15) is 37.6 Å². The topological polar surface area (TPSA) is 108 Å². The highest BCUT2D eigenvalue weighted by molar-refractivity contribution is 5.93. The van der Waals surface area contributed by atoms with Gasteiger partial charge in [0, 0.05) is 18.4 Å². The normalized spacial score (nSPS) is 10.8. The summed E-state index contributed by atoms with van der Waals surface area (Å²) < 4.78 is 10.7. The molecule has 0 bridgehead atoms. The van der Waals surface area contributed by atoms with Crippen molar-refractivity contribution in [3.05, 3.63) is 70.2 Å². The predicted octanol–water partition coefficient (Wildman–Crippen LogP) is 4.95. The number of nitro groups is 1. The molecule has 0 aliphatic heterocycles. The van der Waals surface area contributed by atoms with E-state index in [1.165, 1.54) is 24.8 Å². The van der Waals surface area contributed by atoms with Crippen molar-refractivity contribution in [3.8, 4) is 17.1 Å². The standard InChI is InChI=1S/C22H23N3O5/c1-14(2)15-4-6-16(7-5-15)20-13-23-22(30-20)11-10-21(26)24-18-9-8-17(29-3)12-19(18)25(27)28/h4-9,12-14H,10-11H2,1-3H3,(H,24,26). The Morgan fingerprint density at radius 1 is 1.23 bits per heavy atom. The van der Waals surface area contributed by atoms with E-state index in [1.54, 1.807) is 12.3 Å². The van der Waals surface area contributed by atoms with Gasteiger partial charge in [0.1, 0.15) is 11.4 Å². The molecule has 3 rings (SSSR count). The van der Waals surface area contributed by atoms with E-state index in [0.717, 1.165) is 5.56 Å². The second-order valence-corrected chi connectivity index (χ2v) is 7.08. The number of anilines is 1. The molecule has 0 saturated heterocycles. The van der Waals surface area contributed by atoms with Crippen LogP contribution in [0.25, 0.3) is 11.3 Å². The number of aromatic nitrogens is 1. The van der Waals surface area contributed by atoms with Gasteiger partial charge in [0.2, 0.25) is 5.91 Å². The molecule has 0 aliphatic carbocycles. The number of benzene rings is 2. The van der Waals surface area contributed by atoms with E-state index < -0.39 is 4.92 Å². The highest BCUT2D eigenvalue weighted by Crippen LogP contribution is 2.29. The number of nitro benzene ring substituents is 1. The van der Waals surface area contributed by atoms with Crippen LogP contribution in [0, 0.1) is 10.1 Å². The van der Waals surface area contributed by atoms with Gasteiger partial charge in [0.05, 0.1) is 24.3 Å². The van der Waals surface area contributed by atoms with Crippen LogP contribution >= 0.6 is 0 Å². The van der Waals surface area contributed by atoms with Crippen molar-refractivity contribution in [1.82, 2.24) is 4.98 Å². The number of carbonyl (C=O) groups excluding carboxylic acids is 1. The molecule has 0 saturated carbocycles. The zero-order valence-corrected chi connectivity index (χ0v) is 17.0. The van der Waals surface area contributed by atoms with Crippen molar-refractivity contribution >= 4 is 17.3 Å². The first-order valence-corrected chi connectivity index (χ1v) is 9.54. The van der Waals surface area contributed by atoms with Gasteiger partial charge in [-0.3, -0.25) is 14.9 Å².